The summed E-state index contributed by atoms with van der Waals surface area (Å²) in [6.45, 7) is 7.46. The molecule has 0 aliphatic heterocycles. The van der Waals surface area contributed by atoms with Gasteiger partial charge in [-0.05, 0) is 6.08 Å². The van der Waals surface area contributed by atoms with Crippen molar-refractivity contribution in [2.24, 2.45) is 10.7 Å². The van der Waals surface area contributed by atoms with Crippen molar-refractivity contribution in [2.45, 2.75) is 21.3 Å². The summed E-state index contributed by atoms with van der Waals surface area (Å²) in [4.78, 5) is 14.0. The highest BCUT2D eigenvalue weighted by Crippen LogP contribution is 1.84. The molecule has 0 atom stereocenters. The number of urea groups is 1. The lowest BCUT2D eigenvalue weighted by Crippen LogP contribution is -2.29. The number of carbonyl (C=O) groups excluding carboxylic acids is 1. The molecular formula is C10H25N3O. The number of primary amides is 1. The molecule has 0 unspecified atom stereocenters. The first-order valence-electron chi connectivity index (χ1n) is 4.02. The van der Waals surface area contributed by atoms with Crippen molar-refractivity contribution in [3.8, 4) is 0 Å². The van der Waals surface area contributed by atoms with Gasteiger partial charge in [-0.15, -0.1) is 0 Å². The Morgan fingerprint density at radius 1 is 1.57 bits per heavy atom. The molecule has 0 aliphatic carbocycles. The summed E-state index contributed by atoms with van der Waals surface area (Å²) in [6, 6.07) is -0.613. The molecule has 3 N–H and O–H groups in total. The highest BCUT2D eigenvalue weighted by atomic mass is 16.2. The van der Waals surface area contributed by atoms with E-state index in [2.05, 4.69) is 16.9 Å². The maximum absolute atomic E-state index is 10.3. The van der Waals surface area contributed by atoms with Gasteiger partial charge in [0.1, 0.15) is 0 Å². The maximum atomic E-state index is 10.3. The van der Waals surface area contributed by atoms with Crippen LogP contribution in [0.1, 0.15) is 24.1 Å². The van der Waals surface area contributed by atoms with Gasteiger partial charge in [0.05, 0.1) is 5.70 Å². The standard InChI is InChI=1S/C7H11N3O.C2H6.CH4.2H2/c1-3-4-6(5-9-2)10-7(8)11;1-2;;;/h3-5H,1H2,2H3,(H3,8,10,11);1-2H3;1H4;2*1H/b6-4+,9-5?;;;;. The summed E-state index contributed by atoms with van der Waals surface area (Å²) in [7, 11) is 1.60. The first-order valence-corrected chi connectivity index (χ1v) is 4.02. The van der Waals surface area contributed by atoms with E-state index in [4.69, 9.17) is 5.73 Å². The molecule has 4 heteroatoms. The zero-order chi connectivity index (χ0) is 10.7. The van der Waals surface area contributed by atoms with Gasteiger partial charge < -0.3 is 11.1 Å². The second-order valence-electron chi connectivity index (χ2n) is 1.73. The summed E-state index contributed by atoms with van der Waals surface area (Å²) < 4.78 is 0. The van der Waals surface area contributed by atoms with Gasteiger partial charge in [-0.2, -0.15) is 0 Å². The predicted molar refractivity (Wildman–Crippen MR) is 67.7 cm³/mol. The van der Waals surface area contributed by atoms with Crippen LogP contribution in [0.3, 0.4) is 0 Å². The number of aliphatic imine (C=N–C) groups is 1. The van der Waals surface area contributed by atoms with E-state index in [0.717, 1.165) is 0 Å². The third-order valence-electron chi connectivity index (χ3n) is 0.833. The quantitative estimate of drug-likeness (QED) is 0.537. The van der Waals surface area contributed by atoms with Gasteiger partial charge in [0.2, 0.25) is 0 Å². The Kier molecular flexibility index (Phi) is 18.2. The van der Waals surface area contributed by atoms with Gasteiger partial charge in [0.15, 0.2) is 0 Å². The lowest BCUT2D eigenvalue weighted by molar-refractivity contribution is 0.251. The Balaban J connectivity index is -0.0000000760. The van der Waals surface area contributed by atoms with Crippen molar-refractivity contribution in [3.05, 3.63) is 24.4 Å². The maximum Gasteiger partial charge on any atom is 0.316 e. The van der Waals surface area contributed by atoms with Crippen LogP contribution in [0.15, 0.2) is 29.4 Å². The summed E-state index contributed by atoms with van der Waals surface area (Å²) in [5, 5.41) is 2.36. The number of nitrogens with one attached hydrogen (secondary N) is 1. The van der Waals surface area contributed by atoms with Crippen LogP contribution in [0.25, 0.3) is 0 Å². The summed E-state index contributed by atoms with van der Waals surface area (Å²) in [5.41, 5.74) is 5.39. The molecule has 0 aromatic heterocycles. The van der Waals surface area contributed by atoms with Crippen molar-refractivity contribution in [1.29, 1.82) is 0 Å². The third-order valence-corrected chi connectivity index (χ3v) is 0.833. The molecule has 0 radical (unpaired) electrons. The molecule has 0 bridgehead atoms. The fourth-order valence-corrected chi connectivity index (χ4v) is 0.525. The molecule has 2 amide bonds. The van der Waals surface area contributed by atoms with Crippen molar-refractivity contribution < 1.29 is 7.65 Å². The fraction of sp³-hybridized carbons (Fsp3) is 0.400. The number of carbonyl (C=O) groups is 1. The van der Waals surface area contributed by atoms with Crippen molar-refractivity contribution in [1.82, 2.24) is 5.32 Å². The Morgan fingerprint density at radius 3 is 2.36 bits per heavy atom. The minimum atomic E-state index is -0.613. The molecule has 0 aromatic rings. The van der Waals surface area contributed by atoms with Gasteiger partial charge in [0.25, 0.3) is 0 Å². The highest BCUT2D eigenvalue weighted by molar-refractivity contribution is 5.86. The van der Waals surface area contributed by atoms with Crippen LogP contribution in [-0.2, 0) is 0 Å². The molecule has 0 saturated heterocycles. The third kappa shape index (κ3) is 13.0. The summed E-state index contributed by atoms with van der Waals surface area (Å²) in [6.07, 6.45) is 4.61. The minimum Gasteiger partial charge on any atom is -0.351 e. The Labute approximate surface area is 89.6 Å². The normalized spacial score (nSPS) is 9.50. The number of amides is 2. The van der Waals surface area contributed by atoms with Crippen LogP contribution >= 0.6 is 0 Å². The lowest BCUT2D eigenvalue weighted by Gasteiger charge is -1.98. The highest BCUT2D eigenvalue weighted by Gasteiger charge is 1.93. The topological polar surface area (TPSA) is 67.5 Å². The predicted octanol–water partition coefficient (Wildman–Crippen LogP) is 2.58. The van der Waals surface area contributed by atoms with Crippen LogP contribution < -0.4 is 11.1 Å². The molecule has 14 heavy (non-hydrogen) atoms. The molecule has 0 aromatic carbocycles. The number of nitrogens with zero attached hydrogens (tertiary/aromatic N) is 1. The van der Waals surface area contributed by atoms with Gasteiger partial charge in [0, 0.05) is 16.1 Å². The average Bonchev–Trinajstić information content (AvgIpc) is 2.08. The van der Waals surface area contributed by atoms with Crippen LogP contribution in [0.2, 0.25) is 0 Å². The number of nitrogens with two attached hydrogens (primary N) is 1. The zero-order valence-corrected chi connectivity index (χ0v) is 8.37. The Hall–Kier alpha value is -1.58. The van der Waals surface area contributed by atoms with Crippen molar-refractivity contribution in [3.63, 3.8) is 0 Å². The van der Waals surface area contributed by atoms with E-state index in [1.54, 1.807) is 13.1 Å². The SMILES string of the molecule is C.C=C/C=C(\C=NC)NC(N)=O.CC.[HH].[HH]. The molecule has 0 rings (SSSR count). The molecule has 0 heterocycles. The van der Waals surface area contributed by atoms with E-state index in [0.29, 0.717) is 5.70 Å². The first kappa shape index (κ1) is 18.3. The van der Waals surface area contributed by atoms with Crippen molar-refractivity contribution in [2.75, 3.05) is 7.05 Å². The smallest absolute Gasteiger partial charge is 0.316 e. The molecule has 0 spiro atoms. The number of hydrogen-bond donors (Lipinski definition) is 2. The van der Waals surface area contributed by atoms with Crippen LogP contribution in [0, 0.1) is 0 Å². The van der Waals surface area contributed by atoms with Crippen LogP contribution in [0.5, 0.6) is 0 Å². The monoisotopic (exact) mass is 203 g/mol. The molecule has 0 aliphatic rings. The lowest BCUT2D eigenvalue weighted by atomic mass is 10.4. The molecule has 0 fully saturated rings. The molecule has 0 saturated carbocycles. The van der Waals surface area contributed by atoms with E-state index in [1.165, 1.54) is 12.3 Å². The molecule has 4 nitrogen and oxygen atoms in total. The first-order chi connectivity index (χ1) is 6.20. The fourth-order valence-electron chi connectivity index (χ4n) is 0.525. The average molecular weight is 203 g/mol. The van der Waals surface area contributed by atoms with E-state index in [-0.39, 0.29) is 10.3 Å². The second kappa shape index (κ2) is 14.0. The van der Waals surface area contributed by atoms with Gasteiger partial charge in [-0.1, -0.05) is 33.9 Å². The van der Waals surface area contributed by atoms with E-state index in [9.17, 15) is 4.79 Å². The van der Waals surface area contributed by atoms with Gasteiger partial charge in [-0.3, -0.25) is 4.99 Å². The van der Waals surface area contributed by atoms with E-state index >= 15 is 0 Å². The van der Waals surface area contributed by atoms with E-state index < -0.39 is 6.03 Å². The van der Waals surface area contributed by atoms with Crippen LogP contribution in [-0.4, -0.2) is 19.3 Å². The number of rotatable bonds is 3. The largest absolute Gasteiger partial charge is 0.351 e. The van der Waals surface area contributed by atoms with E-state index in [1.807, 2.05) is 13.8 Å². The number of hydrogen-bond acceptors (Lipinski definition) is 2. The number of allylic oxidation sites excluding steroid dienone is 3. The molecular weight excluding hydrogens is 178 g/mol. The van der Waals surface area contributed by atoms with Crippen LogP contribution in [0.4, 0.5) is 4.79 Å². The summed E-state index contributed by atoms with van der Waals surface area (Å²) in [5.74, 6) is 0. The Morgan fingerprint density at radius 2 is 2.07 bits per heavy atom. The molecule has 86 valence electrons. The minimum absolute atomic E-state index is 0. The zero-order valence-electron chi connectivity index (χ0n) is 8.37. The second-order valence-corrected chi connectivity index (χ2v) is 1.73. The Bertz CT molecular complexity index is 216. The van der Waals surface area contributed by atoms with Crippen molar-refractivity contribution >= 4 is 12.2 Å². The van der Waals surface area contributed by atoms with Gasteiger partial charge >= 0.3 is 6.03 Å². The van der Waals surface area contributed by atoms with Gasteiger partial charge in [-0.25, -0.2) is 4.79 Å². The summed E-state index contributed by atoms with van der Waals surface area (Å²) >= 11 is 0.